The molecule has 1 rings (SSSR count). The van der Waals surface area contributed by atoms with E-state index in [4.69, 9.17) is 0 Å². The molecular weight excluding hydrogens is 184 g/mol. The van der Waals surface area contributed by atoms with Crippen molar-refractivity contribution < 1.29 is 0 Å². The van der Waals surface area contributed by atoms with Gasteiger partial charge < -0.3 is 10.6 Å². The molecule has 0 aliphatic carbocycles. The molecule has 1 aromatic rings. The van der Waals surface area contributed by atoms with Gasteiger partial charge in [0, 0.05) is 6.04 Å². The van der Waals surface area contributed by atoms with Gasteiger partial charge in [0.1, 0.15) is 0 Å². The van der Waals surface area contributed by atoms with Crippen molar-refractivity contribution in [2.75, 3.05) is 20.6 Å². The molecule has 0 aliphatic heterocycles. The van der Waals surface area contributed by atoms with E-state index in [1.54, 1.807) is 0 Å². The Morgan fingerprint density at radius 1 is 1.20 bits per heavy atom. The Balaban J connectivity index is 2.85. The summed E-state index contributed by atoms with van der Waals surface area (Å²) < 4.78 is 0. The fourth-order valence-electron chi connectivity index (χ4n) is 1.88. The maximum absolute atomic E-state index is 3.38. The monoisotopic (exact) mass is 206 g/mol. The van der Waals surface area contributed by atoms with E-state index >= 15 is 0 Å². The Labute approximate surface area is 93.1 Å². The van der Waals surface area contributed by atoms with Crippen molar-refractivity contribution in [2.45, 2.75) is 26.3 Å². The first-order chi connectivity index (χ1) is 7.19. The minimum Gasteiger partial charge on any atom is -0.320 e. The van der Waals surface area contributed by atoms with Crippen LogP contribution in [0.2, 0.25) is 0 Å². The number of rotatable bonds is 5. The molecule has 2 nitrogen and oxygen atoms in total. The molecule has 2 N–H and O–H groups in total. The zero-order valence-electron chi connectivity index (χ0n) is 10.2. The van der Waals surface area contributed by atoms with E-state index in [0.717, 1.165) is 13.0 Å². The van der Waals surface area contributed by atoms with E-state index in [0.29, 0.717) is 6.04 Å². The summed E-state index contributed by atoms with van der Waals surface area (Å²) in [5, 5.41) is 6.58. The third kappa shape index (κ3) is 3.33. The summed E-state index contributed by atoms with van der Waals surface area (Å²) in [5.41, 5.74) is 4.13. The lowest BCUT2D eigenvalue weighted by atomic mass is 9.97. The highest BCUT2D eigenvalue weighted by Crippen LogP contribution is 2.21. The van der Waals surface area contributed by atoms with Gasteiger partial charge in [-0.05, 0) is 52.0 Å². The molecule has 1 unspecified atom stereocenters. The van der Waals surface area contributed by atoms with Crippen LogP contribution in [0.25, 0.3) is 0 Å². The van der Waals surface area contributed by atoms with E-state index in [1.165, 1.54) is 16.7 Å². The first-order valence-electron chi connectivity index (χ1n) is 5.58. The fourth-order valence-corrected chi connectivity index (χ4v) is 1.88. The summed E-state index contributed by atoms with van der Waals surface area (Å²) in [6, 6.07) is 7.11. The Hall–Kier alpha value is -0.860. The van der Waals surface area contributed by atoms with E-state index in [1.807, 2.05) is 14.1 Å². The smallest absolute Gasteiger partial charge is 0.0332 e. The van der Waals surface area contributed by atoms with Crippen LogP contribution in [0, 0.1) is 13.8 Å². The molecule has 84 valence electrons. The van der Waals surface area contributed by atoms with Crippen molar-refractivity contribution in [1.82, 2.24) is 10.6 Å². The largest absolute Gasteiger partial charge is 0.320 e. The molecule has 0 aromatic heterocycles. The van der Waals surface area contributed by atoms with Crippen molar-refractivity contribution >= 4 is 0 Å². The summed E-state index contributed by atoms with van der Waals surface area (Å²) in [7, 11) is 4.03. The first-order valence-corrected chi connectivity index (χ1v) is 5.58. The van der Waals surface area contributed by atoms with Crippen molar-refractivity contribution in [2.24, 2.45) is 0 Å². The Morgan fingerprint density at radius 2 is 1.93 bits per heavy atom. The Kier molecular flexibility index (Phi) is 4.79. The summed E-state index contributed by atoms with van der Waals surface area (Å²) in [6.07, 6.45) is 1.12. The molecule has 0 bridgehead atoms. The first kappa shape index (κ1) is 12.2. The highest BCUT2D eigenvalue weighted by Gasteiger charge is 2.10. The molecule has 1 aromatic carbocycles. The van der Waals surface area contributed by atoms with Crippen molar-refractivity contribution in [3.8, 4) is 0 Å². The second kappa shape index (κ2) is 5.89. The van der Waals surface area contributed by atoms with Crippen LogP contribution in [0.3, 0.4) is 0 Å². The van der Waals surface area contributed by atoms with E-state index in [-0.39, 0.29) is 0 Å². The van der Waals surface area contributed by atoms with Crippen LogP contribution in [0.15, 0.2) is 18.2 Å². The zero-order valence-corrected chi connectivity index (χ0v) is 10.2. The molecule has 0 radical (unpaired) electrons. The zero-order chi connectivity index (χ0) is 11.3. The van der Waals surface area contributed by atoms with Gasteiger partial charge in [-0.1, -0.05) is 23.8 Å². The van der Waals surface area contributed by atoms with Crippen LogP contribution in [-0.4, -0.2) is 20.6 Å². The molecule has 0 spiro atoms. The van der Waals surface area contributed by atoms with Crippen LogP contribution in [0.4, 0.5) is 0 Å². The average molecular weight is 206 g/mol. The lowest BCUT2D eigenvalue weighted by molar-refractivity contribution is 0.531. The van der Waals surface area contributed by atoms with Crippen LogP contribution < -0.4 is 10.6 Å². The van der Waals surface area contributed by atoms with Gasteiger partial charge in [-0.3, -0.25) is 0 Å². The number of nitrogens with one attached hydrogen (secondary N) is 2. The highest BCUT2D eigenvalue weighted by molar-refractivity contribution is 5.32. The predicted octanol–water partition coefficient (Wildman–Crippen LogP) is 2.17. The van der Waals surface area contributed by atoms with Gasteiger partial charge in [-0.15, -0.1) is 0 Å². The van der Waals surface area contributed by atoms with Gasteiger partial charge in [0.2, 0.25) is 0 Å². The third-order valence-electron chi connectivity index (χ3n) is 2.84. The van der Waals surface area contributed by atoms with Crippen molar-refractivity contribution in [3.05, 3.63) is 34.9 Å². The molecule has 0 aliphatic rings. The highest BCUT2D eigenvalue weighted by atomic mass is 14.9. The Morgan fingerprint density at radius 3 is 2.53 bits per heavy atom. The standard InChI is InChI=1S/C13H22N2/c1-10-5-6-11(2)12(9-10)13(15-4)7-8-14-3/h5-6,9,13-15H,7-8H2,1-4H3. The summed E-state index contributed by atoms with van der Waals surface area (Å²) in [5.74, 6) is 0. The molecule has 0 saturated carbocycles. The van der Waals surface area contributed by atoms with Gasteiger partial charge in [0.15, 0.2) is 0 Å². The van der Waals surface area contributed by atoms with E-state index in [9.17, 15) is 0 Å². The second-order valence-corrected chi connectivity index (χ2v) is 4.09. The molecule has 1 atom stereocenters. The molecule has 0 saturated heterocycles. The normalized spacial score (nSPS) is 12.8. The minimum absolute atomic E-state index is 0.456. The number of hydrogen-bond donors (Lipinski definition) is 2. The lowest BCUT2D eigenvalue weighted by Crippen LogP contribution is -2.22. The summed E-state index contributed by atoms with van der Waals surface area (Å²) in [6.45, 7) is 5.37. The maximum Gasteiger partial charge on any atom is 0.0332 e. The van der Waals surface area contributed by atoms with Gasteiger partial charge in [-0.2, -0.15) is 0 Å². The van der Waals surface area contributed by atoms with Crippen molar-refractivity contribution in [3.63, 3.8) is 0 Å². The predicted molar refractivity (Wildman–Crippen MR) is 66.3 cm³/mol. The van der Waals surface area contributed by atoms with Gasteiger partial charge in [0.05, 0.1) is 0 Å². The molecule has 0 fully saturated rings. The average Bonchev–Trinajstić information content (AvgIpc) is 2.24. The van der Waals surface area contributed by atoms with E-state index in [2.05, 4.69) is 42.7 Å². The van der Waals surface area contributed by atoms with Gasteiger partial charge in [0.25, 0.3) is 0 Å². The van der Waals surface area contributed by atoms with Crippen LogP contribution in [0.5, 0.6) is 0 Å². The SMILES string of the molecule is CNCCC(NC)c1cc(C)ccc1C. The maximum atomic E-state index is 3.38. The minimum atomic E-state index is 0.456. The van der Waals surface area contributed by atoms with Crippen LogP contribution in [-0.2, 0) is 0 Å². The molecule has 0 heterocycles. The van der Waals surface area contributed by atoms with Gasteiger partial charge >= 0.3 is 0 Å². The molecular formula is C13H22N2. The summed E-state index contributed by atoms with van der Waals surface area (Å²) >= 11 is 0. The Bertz CT molecular complexity index is 307. The lowest BCUT2D eigenvalue weighted by Gasteiger charge is -2.19. The van der Waals surface area contributed by atoms with Crippen LogP contribution in [0.1, 0.15) is 29.2 Å². The second-order valence-electron chi connectivity index (χ2n) is 4.09. The number of benzene rings is 1. The summed E-state index contributed by atoms with van der Waals surface area (Å²) in [4.78, 5) is 0. The molecule has 15 heavy (non-hydrogen) atoms. The van der Waals surface area contributed by atoms with E-state index < -0.39 is 0 Å². The number of hydrogen-bond acceptors (Lipinski definition) is 2. The van der Waals surface area contributed by atoms with Crippen molar-refractivity contribution in [1.29, 1.82) is 0 Å². The molecule has 0 amide bonds. The fraction of sp³-hybridized carbons (Fsp3) is 0.538. The van der Waals surface area contributed by atoms with Crippen LogP contribution >= 0.6 is 0 Å². The third-order valence-corrected chi connectivity index (χ3v) is 2.84. The van der Waals surface area contributed by atoms with Gasteiger partial charge in [-0.25, -0.2) is 0 Å². The number of aryl methyl sites for hydroxylation is 2. The quantitative estimate of drug-likeness (QED) is 0.771. The molecule has 2 heteroatoms. The topological polar surface area (TPSA) is 24.1 Å².